The Bertz CT molecular complexity index is 606. The van der Waals surface area contributed by atoms with Gasteiger partial charge < -0.3 is 11.1 Å². The van der Waals surface area contributed by atoms with Crippen molar-refractivity contribution in [1.82, 2.24) is 20.2 Å². The Hall–Kier alpha value is -2.28. The minimum absolute atomic E-state index is 0.0833. The summed E-state index contributed by atoms with van der Waals surface area (Å²) in [5.41, 5.74) is 7.26. The smallest absolute Gasteiger partial charge is 0.241 e. The van der Waals surface area contributed by atoms with Crippen LogP contribution in [0.2, 0.25) is 0 Å². The van der Waals surface area contributed by atoms with Gasteiger partial charge in [0.05, 0.1) is 11.7 Å². The van der Waals surface area contributed by atoms with Gasteiger partial charge in [0.2, 0.25) is 5.91 Å². The maximum absolute atomic E-state index is 11.9. The van der Waals surface area contributed by atoms with Gasteiger partial charge >= 0.3 is 0 Å². The second kappa shape index (κ2) is 5.79. The molecule has 0 spiro atoms. The van der Waals surface area contributed by atoms with Gasteiger partial charge in [-0.05, 0) is 41.5 Å². The number of benzene rings is 1. The zero-order valence-corrected chi connectivity index (χ0v) is 11.7. The summed E-state index contributed by atoms with van der Waals surface area (Å²) in [4.78, 5) is 11.9. The lowest BCUT2D eigenvalue weighted by Crippen LogP contribution is -2.39. The molecule has 1 heterocycles. The van der Waals surface area contributed by atoms with Crippen LogP contribution in [-0.4, -0.2) is 32.2 Å². The van der Waals surface area contributed by atoms with Crippen LogP contribution in [0.3, 0.4) is 0 Å². The molecule has 20 heavy (non-hydrogen) atoms. The third-order valence-corrected chi connectivity index (χ3v) is 3.00. The second-order valence-electron chi connectivity index (χ2n) is 4.95. The van der Waals surface area contributed by atoms with Gasteiger partial charge in [-0.1, -0.05) is 19.9 Å². The summed E-state index contributed by atoms with van der Waals surface area (Å²) >= 11 is 0. The highest BCUT2D eigenvalue weighted by molar-refractivity contribution is 5.95. The SMILES string of the molecule is Cc1nnnn1-c1cccc(NC(=O)C(N)C(C)C)c1. The summed E-state index contributed by atoms with van der Waals surface area (Å²) in [6.07, 6.45) is 0. The van der Waals surface area contributed by atoms with Crippen molar-refractivity contribution in [1.29, 1.82) is 0 Å². The number of hydrogen-bond donors (Lipinski definition) is 2. The van der Waals surface area contributed by atoms with Crippen molar-refractivity contribution in [2.45, 2.75) is 26.8 Å². The Kier molecular flexibility index (Phi) is 4.09. The Morgan fingerprint density at radius 2 is 2.15 bits per heavy atom. The zero-order valence-electron chi connectivity index (χ0n) is 11.7. The molecule has 106 valence electrons. The van der Waals surface area contributed by atoms with Crippen LogP contribution in [0.5, 0.6) is 0 Å². The molecule has 2 rings (SSSR count). The Labute approximate surface area is 117 Å². The van der Waals surface area contributed by atoms with Crippen molar-refractivity contribution in [2.24, 2.45) is 11.7 Å². The summed E-state index contributed by atoms with van der Waals surface area (Å²) in [5.74, 6) is 0.554. The number of nitrogens with zero attached hydrogens (tertiary/aromatic N) is 4. The van der Waals surface area contributed by atoms with Crippen LogP contribution < -0.4 is 11.1 Å². The maximum Gasteiger partial charge on any atom is 0.241 e. The van der Waals surface area contributed by atoms with E-state index in [9.17, 15) is 4.79 Å². The number of tetrazole rings is 1. The third-order valence-electron chi connectivity index (χ3n) is 3.00. The van der Waals surface area contributed by atoms with E-state index < -0.39 is 6.04 Å². The third kappa shape index (κ3) is 3.00. The first-order chi connectivity index (χ1) is 9.49. The first-order valence-corrected chi connectivity index (χ1v) is 6.41. The normalized spacial score (nSPS) is 12.4. The molecule has 2 aromatic rings. The van der Waals surface area contributed by atoms with Crippen molar-refractivity contribution in [2.75, 3.05) is 5.32 Å². The molecule has 0 saturated carbocycles. The number of rotatable bonds is 4. The molecule has 1 atom stereocenters. The van der Waals surface area contributed by atoms with Crippen LogP contribution in [0.1, 0.15) is 19.7 Å². The van der Waals surface area contributed by atoms with Gasteiger partial charge in [-0.25, -0.2) is 0 Å². The number of aromatic nitrogens is 4. The number of aryl methyl sites for hydroxylation is 1. The largest absolute Gasteiger partial charge is 0.325 e. The van der Waals surface area contributed by atoms with E-state index in [-0.39, 0.29) is 11.8 Å². The Morgan fingerprint density at radius 3 is 2.75 bits per heavy atom. The van der Waals surface area contributed by atoms with E-state index in [2.05, 4.69) is 20.8 Å². The highest BCUT2D eigenvalue weighted by Crippen LogP contribution is 2.15. The van der Waals surface area contributed by atoms with E-state index in [1.54, 1.807) is 23.7 Å². The summed E-state index contributed by atoms with van der Waals surface area (Å²) in [6, 6.07) is 6.75. The molecular formula is C13H18N6O. The Morgan fingerprint density at radius 1 is 1.40 bits per heavy atom. The van der Waals surface area contributed by atoms with Crippen molar-refractivity contribution in [3.05, 3.63) is 30.1 Å². The summed E-state index contributed by atoms with van der Waals surface area (Å²) in [5, 5.41) is 14.1. The summed E-state index contributed by atoms with van der Waals surface area (Å²) in [6.45, 7) is 5.62. The van der Waals surface area contributed by atoms with Gasteiger partial charge in [0.15, 0.2) is 5.82 Å². The van der Waals surface area contributed by atoms with Crippen LogP contribution in [0.15, 0.2) is 24.3 Å². The average molecular weight is 274 g/mol. The van der Waals surface area contributed by atoms with Crippen LogP contribution >= 0.6 is 0 Å². The molecule has 7 nitrogen and oxygen atoms in total. The fourth-order valence-corrected chi connectivity index (χ4v) is 1.71. The second-order valence-corrected chi connectivity index (χ2v) is 4.95. The molecule has 0 aliphatic carbocycles. The van der Waals surface area contributed by atoms with Crippen molar-refractivity contribution in [3.8, 4) is 5.69 Å². The van der Waals surface area contributed by atoms with Crippen LogP contribution in [0.25, 0.3) is 5.69 Å². The lowest BCUT2D eigenvalue weighted by atomic mass is 10.0. The van der Waals surface area contributed by atoms with Crippen molar-refractivity contribution in [3.63, 3.8) is 0 Å². The van der Waals surface area contributed by atoms with E-state index in [0.29, 0.717) is 11.5 Å². The van der Waals surface area contributed by atoms with Gasteiger partial charge in [-0.15, -0.1) is 5.10 Å². The number of carbonyl (C=O) groups excluding carboxylic acids is 1. The fraction of sp³-hybridized carbons (Fsp3) is 0.385. The van der Waals surface area contributed by atoms with E-state index in [0.717, 1.165) is 5.69 Å². The number of nitrogens with one attached hydrogen (secondary N) is 1. The molecule has 7 heteroatoms. The lowest BCUT2D eigenvalue weighted by molar-refractivity contribution is -0.118. The predicted octanol–water partition coefficient (Wildman–Crippen LogP) is 0.893. The van der Waals surface area contributed by atoms with Gasteiger partial charge in [-0.2, -0.15) is 4.68 Å². The standard InChI is InChI=1S/C13H18N6O/c1-8(2)12(14)13(20)15-10-5-4-6-11(7-10)19-9(3)16-17-18-19/h4-8,12H,14H2,1-3H3,(H,15,20). The van der Waals surface area contributed by atoms with Gasteiger partial charge in [0.25, 0.3) is 0 Å². The zero-order chi connectivity index (χ0) is 14.7. The fourth-order valence-electron chi connectivity index (χ4n) is 1.71. The van der Waals surface area contributed by atoms with E-state index in [4.69, 9.17) is 5.73 Å². The van der Waals surface area contributed by atoms with Gasteiger partial charge in [0.1, 0.15) is 0 Å². The molecule has 3 N–H and O–H groups in total. The lowest BCUT2D eigenvalue weighted by Gasteiger charge is -2.15. The molecule has 0 aliphatic rings. The highest BCUT2D eigenvalue weighted by Gasteiger charge is 2.17. The molecule has 1 unspecified atom stereocenters. The first kappa shape index (κ1) is 14.1. The monoisotopic (exact) mass is 274 g/mol. The maximum atomic E-state index is 11.9. The minimum atomic E-state index is -0.534. The molecule has 0 fully saturated rings. The highest BCUT2D eigenvalue weighted by atomic mass is 16.2. The summed E-state index contributed by atoms with van der Waals surface area (Å²) < 4.78 is 1.60. The quantitative estimate of drug-likeness (QED) is 0.862. The number of amides is 1. The molecule has 0 radical (unpaired) electrons. The van der Waals surface area contributed by atoms with E-state index in [1.165, 1.54) is 0 Å². The van der Waals surface area contributed by atoms with Crippen LogP contribution in [0, 0.1) is 12.8 Å². The number of nitrogens with two attached hydrogens (primary N) is 1. The van der Waals surface area contributed by atoms with Crippen molar-refractivity contribution >= 4 is 11.6 Å². The molecule has 1 aromatic heterocycles. The van der Waals surface area contributed by atoms with E-state index >= 15 is 0 Å². The van der Waals surface area contributed by atoms with E-state index in [1.807, 2.05) is 26.0 Å². The number of anilines is 1. The molecule has 0 aliphatic heterocycles. The number of hydrogen-bond acceptors (Lipinski definition) is 5. The van der Waals surface area contributed by atoms with Crippen molar-refractivity contribution < 1.29 is 4.79 Å². The molecule has 0 saturated heterocycles. The number of carbonyl (C=O) groups is 1. The first-order valence-electron chi connectivity index (χ1n) is 6.41. The molecule has 1 amide bonds. The molecule has 1 aromatic carbocycles. The Balaban J connectivity index is 2.19. The van der Waals surface area contributed by atoms with Crippen LogP contribution in [0.4, 0.5) is 5.69 Å². The van der Waals surface area contributed by atoms with Crippen LogP contribution in [-0.2, 0) is 4.79 Å². The molecule has 0 bridgehead atoms. The topological polar surface area (TPSA) is 98.7 Å². The average Bonchev–Trinajstić information content (AvgIpc) is 2.84. The predicted molar refractivity (Wildman–Crippen MR) is 75.3 cm³/mol. The molecular weight excluding hydrogens is 256 g/mol. The van der Waals surface area contributed by atoms with Gasteiger partial charge in [0, 0.05) is 5.69 Å². The minimum Gasteiger partial charge on any atom is -0.325 e. The summed E-state index contributed by atoms with van der Waals surface area (Å²) in [7, 11) is 0. The van der Waals surface area contributed by atoms with Gasteiger partial charge in [-0.3, -0.25) is 4.79 Å².